The Balaban J connectivity index is 2.05. The largest absolute Gasteiger partial charge is 0.482 e. The number of carbonyl (C=O) groups is 2. The minimum absolute atomic E-state index is 0.233. The number of ether oxygens (including phenoxy) is 1. The van der Waals surface area contributed by atoms with Crippen LogP contribution in [0.4, 0.5) is 24.5 Å². The van der Waals surface area contributed by atoms with Gasteiger partial charge in [0.1, 0.15) is 5.75 Å². The smallest absolute Gasteiger partial charge is 0.418 e. The third-order valence-electron chi connectivity index (χ3n) is 3.06. The first-order valence-electron chi connectivity index (χ1n) is 7.23. The monoisotopic (exact) mass is 352 g/mol. The van der Waals surface area contributed by atoms with E-state index >= 15 is 0 Å². The molecule has 2 aromatic rings. The Bertz CT molecular complexity index is 776. The zero-order valence-electron chi connectivity index (χ0n) is 13.2. The van der Waals surface area contributed by atoms with Gasteiger partial charge in [0.15, 0.2) is 6.61 Å². The number of halogens is 3. The minimum Gasteiger partial charge on any atom is -0.482 e. The number of nitrogens with one attached hydrogen (secondary N) is 2. The molecule has 8 heteroatoms. The summed E-state index contributed by atoms with van der Waals surface area (Å²) < 4.78 is 44.0. The van der Waals surface area contributed by atoms with Gasteiger partial charge in [-0.3, -0.25) is 9.59 Å². The first-order valence-corrected chi connectivity index (χ1v) is 7.23. The summed E-state index contributed by atoms with van der Waals surface area (Å²) in [6, 6.07) is 11.1. The van der Waals surface area contributed by atoms with E-state index in [1.807, 2.05) is 0 Å². The van der Waals surface area contributed by atoms with Crippen LogP contribution in [0, 0.1) is 0 Å². The maximum absolute atomic E-state index is 12.9. The molecule has 2 amide bonds. The standard InChI is InChI=1S/C17H15F3N2O3/c1-11(23)21-14-8-4-5-9-15(14)25-10-16(24)22-13-7-3-2-6-12(13)17(18,19)20/h2-9H,10H2,1H3,(H,21,23)(H,22,24). The Kier molecular flexibility index (Phi) is 5.63. The molecule has 0 saturated heterocycles. The molecule has 2 N–H and O–H groups in total. The maximum atomic E-state index is 12.9. The maximum Gasteiger partial charge on any atom is 0.418 e. The highest BCUT2D eigenvalue weighted by atomic mass is 19.4. The molecule has 0 heterocycles. The molecule has 0 bridgehead atoms. The second kappa shape index (κ2) is 7.69. The van der Waals surface area contributed by atoms with Gasteiger partial charge in [-0.1, -0.05) is 24.3 Å². The molecule has 0 aliphatic rings. The predicted octanol–water partition coefficient (Wildman–Crippen LogP) is 3.68. The van der Waals surface area contributed by atoms with E-state index in [4.69, 9.17) is 4.74 Å². The van der Waals surface area contributed by atoms with Crippen LogP contribution in [0.15, 0.2) is 48.5 Å². The van der Waals surface area contributed by atoms with Gasteiger partial charge in [-0.2, -0.15) is 13.2 Å². The van der Waals surface area contributed by atoms with E-state index in [0.717, 1.165) is 12.1 Å². The highest BCUT2D eigenvalue weighted by molar-refractivity contribution is 5.93. The Morgan fingerprint density at radius 2 is 1.56 bits per heavy atom. The lowest BCUT2D eigenvalue weighted by Gasteiger charge is -2.14. The molecule has 5 nitrogen and oxygen atoms in total. The fourth-order valence-electron chi connectivity index (χ4n) is 2.05. The van der Waals surface area contributed by atoms with Crippen molar-refractivity contribution >= 4 is 23.2 Å². The number of hydrogen-bond acceptors (Lipinski definition) is 3. The minimum atomic E-state index is -4.58. The summed E-state index contributed by atoms with van der Waals surface area (Å²) in [5.74, 6) is -0.842. The molecule has 2 rings (SSSR count). The lowest BCUT2D eigenvalue weighted by Crippen LogP contribution is -2.22. The molecule has 0 spiro atoms. The van der Waals surface area contributed by atoms with E-state index in [9.17, 15) is 22.8 Å². The van der Waals surface area contributed by atoms with Crippen molar-refractivity contribution in [2.45, 2.75) is 13.1 Å². The molecule has 25 heavy (non-hydrogen) atoms. The fourth-order valence-corrected chi connectivity index (χ4v) is 2.05. The van der Waals surface area contributed by atoms with Gasteiger partial charge in [0, 0.05) is 6.92 Å². The van der Waals surface area contributed by atoms with Gasteiger partial charge in [-0.05, 0) is 24.3 Å². The number of alkyl halides is 3. The highest BCUT2D eigenvalue weighted by Gasteiger charge is 2.33. The molecule has 0 aliphatic heterocycles. The van der Waals surface area contributed by atoms with Crippen molar-refractivity contribution in [3.63, 3.8) is 0 Å². The van der Waals surface area contributed by atoms with E-state index in [0.29, 0.717) is 5.69 Å². The zero-order valence-corrected chi connectivity index (χ0v) is 13.2. The normalized spacial score (nSPS) is 10.9. The molecule has 0 fully saturated rings. The molecular formula is C17H15F3N2O3. The van der Waals surface area contributed by atoms with Crippen molar-refractivity contribution in [3.05, 3.63) is 54.1 Å². The van der Waals surface area contributed by atoms with Gasteiger partial charge in [0.25, 0.3) is 5.91 Å². The summed E-state index contributed by atoms with van der Waals surface area (Å²) in [6.07, 6.45) is -4.58. The fraction of sp³-hybridized carbons (Fsp3) is 0.176. The van der Waals surface area contributed by atoms with E-state index in [2.05, 4.69) is 10.6 Å². The van der Waals surface area contributed by atoms with Crippen LogP contribution in [-0.2, 0) is 15.8 Å². The number of carbonyl (C=O) groups excluding carboxylic acids is 2. The number of anilines is 2. The number of rotatable bonds is 5. The van der Waals surface area contributed by atoms with Crippen LogP contribution in [-0.4, -0.2) is 18.4 Å². The second-order valence-electron chi connectivity index (χ2n) is 5.06. The lowest BCUT2D eigenvalue weighted by atomic mass is 10.1. The molecule has 0 saturated carbocycles. The third-order valence-corrected chi connectivity index (χ3v) is 3.06. The van der Waals surface area contributed by atoms with Crippen molar-refractivity contribution < 1.29 is 27.5 Å². The summed E-state index contributed by atoms with van der Waals surface area (Å²) >= 11 is 0. The quantitative estimate of drug-likeness (QED) is 0.863. The van der Waals surface area contributed by atoms with Crippen molar-refractivity contribution in [3.8, 4) is 5.75 Å². The predicted molar refractivity (Wildman–Crippen MR) is 86.3 cm³/mol. The highest BCUT2D eigenvalue weighted by Crippen LogP contribution is 2.34. The summed E-state index contributed by atoms with van der Waals surface area (Å²) in [5.41, 5.74) is -0.931. The van der Waals surface area contributed by atoms with Crippen LogP contribution in [0.2, 0.25) is 0 Å². The summed E-state index contributed by atoms with van der Waals surface area (Å²) in [5, 5.41) is 4.71. The Morgan fingerprint density at radius 1 is 0.960 bits per heavy atom. The van der Waals surface area contributed by atoms with E-state index < -0.39 is 24.3 Å². The zero-order chi connectivity index (χ0) is 18.4. The van der Waals surface area contributed by atoms with Crippen molar-refractivity contribution in [2.75, 3.05) is 17.2 Å². The average Bonchev–Trinajstić information content (AvgIpc) is 2.53. The lowest BCUT2D eigenvalue weighted by molar-refractivity contribution is -0.137. The van der Waals surface area contributed by atoms with Gasteiger partial charge in [-0.25, -0.2) is 0 Å². The molecule has 2 aromatic carbocycles. The van der Waals surface area contributed by atoms with Gasteiger partial charge in [0.2, 0.25) is 5.91 Å². The number of para-hydroxylation sites is 3. The molecule has 0 aromatic heterocycles. The Hall–Kier alpha value is -3.03. The van der Waals surface area contributed by atoms with Gasteiger partial charge in [-0.15, -0.1) is 0 Å². The molecule has 0 aliphatic carbocycles. The van der Waals surface area contributed by atoms with Crippen LogP contribution >= 0.6 is 0 Å². The molecule has 0 atom stereocenters. The van der Waals surface area contributed by atoms with Gasteiger partial charge in [0.05, 0.1) is 16.9 Å². The van der Waals surface area contributed by atoms with Crippen LogP contribution < -0.4 is 15.4 Å². The molecule has 132 valence electrons. The van der Waals surface area contributed by atoms with Crippen LogP contribution in [0.3, 0.4) is 0 Å². The van der Waals surface area contributed by atoms with E-state index in [1.165, 1.54) is 25.1 Å². The van der Waals surface area contributed by atoms with Crippen molar-refractivity contribution in [1.29, 1.82) is 0 Å². The third kappa shape index (κ3) is 5.23. The van der Waals surface area contributed by atoms with Crippen molar-refractivity contribution in [1.82, 2.24) is 0 Å². The molecular weight excluding hydrogens is 337 g/mol. The topological polar surface area (TPSA) is 67.4 Å². The Morgan fingerprint density at radius 3 is 2.20 bits per heavy atom. The number of amides is 2. The SMILES string of the molecule is CC(=O)Nc1ccccc1OCC(=O)Nc1ccccc1C(F)(F)F. The summed E-state index contributed by atoms with van der Waals surface area (Å²) in [7, 11) is 0. The molecule has 0 unspecified atom stereocenters. The van der Waals surface area contributed by atoms with E-state index in [1.54, 1.807) is 18.2 Å². The summed E-state index contributed by atoms with van der Waals surface area (Å²) in [6.45, 7) is 0.806. The second-order valence-corrected chi connectivity index (χ2v) is 5.06. The number of benzene rings is 2. The van der Waals surface area contributed by atoms with Gasteiger partial charge < -0.3 is 15.4 Å². The van der Waals surface area contributed by atoms with Crippen LogP contribution in [0.1, 0.15) is 12.5 Å². The number of hydrogen-bond donors (Lipinski definition) is 2. The van der Waals surface area contributed by atoms with Crippen LogP contribution in [0.25, 0.3) is 0 Å². The van der Waals surface area contributed by atoms with Crippen LogP contribution in [0.5, 0.6) is 5.75 Å². The molecule has 0 radical (unpaired) electrons. The summed E-state index contributed by atoms with van der Waals surface area (Å²) in [4.78, 5) is 23.0. The van der Waals surface area contributed by atoms with Crippen molar-refractivity contribution in [2.24, 2.45) is 0 Å². The Labute approximate surface area is 141 Å². The average molecular weight is 352 g/mol. The first kappa shape index (κ1) is 18.3. The van der Waals surface area contributed by atoms with E-state index in [-0.39, 0.29) is 17.3 Å². The first-order chi connectivity index (χ1) is 11.8. The van der Waals surface area contributed by atoms with Gasteiger partial charge >= 0.3 is 6.18 Å².